The highest BCUT2D eigenvalue weighted by Gasteiger charge is 2.22. The number of fused-ring (bicyclic) bond motifs is 1. The molecule has 0 bridgehead atoms. The van der Waals surface area contributed by atoms with Crippen molar-refractivity contribution in [2.75, 3.05) is 45.8 Å². The number of ether oxygens (including phenoxy) is 2. The summed E-state index contributed by atoms with van der Waals surface area (Å²) in [6.07, 6.45) is 0. The standard InChI is InChI=1S/C21H25N3O3S/c1-5-27-16-8-6-15(7-9-16)20(25)24(13-12-23(2)3)21-22-18-11-10-17(26-4)14-19(18)28-21/h6-11,14H,5,12-13H2,1-4H3/p+1. The first-order valence-corrected chi connectivity index (χ1v) is 10.1. The third-order valence-electron chi connectivity index (χ3n) is 4.31. The van der Waals surface area contributed by atoms with Crippen molar-refractivity contribution < 1.29 is 19.2 Å². The second-order valence-corrected chi connectivity index (χ2v) is 7.71. The van der Waals surface area contributed by atoms with Gasteiger partial charge >= 0.3 is 0 Å². The van der Waals surface area contributed by atoms with E-state index < -0.39 is 0 Å². The van der Waals surface area contributed by atoms with E-state index in [0.29, 0.717) is 23.8 Å². The Morgan fingerprint density at radius 1 is 1.14 bits per heavy atom. The summed E-state index contributed by atoms with van der Waals surface area (Å²) in [5.41, 5.74) is 1.48. The quantitative estimate of drug-likeness (QED) is 0.631. The molecule has 0 spiro atoms. The SMILES string of the molecule is CCOc1ccc(C(=O)N(CC[NH+](C)C)c2nc3ccc(OC)cc3s2)cc1. The van der Waals surface area contributed by atoms with Crippen LogP contribution in [0, 0.1) is 0 Å². The van der Waals surface area contributed by atoms with Gasteiger partial charge < -0.3 is 14.4 Å². The van der Waals surface area contributed by atoms with Gasteiger partial charge in [0, 0.05) is 5.56 Å². The minimum absolute atomic E-state index is 0.0599. The number of nitrogens with zero attached hydrogens (tertiary/aromatic N) is 2. The number of hydrogen-bond acceptors (Lipinski definition) is 5. The molecule has 28 heavy (non-hydrogen) atoms. The molecule has 1 amide bonds. The number of hydrogen-bond donors (Lipinski definition) is 1. The van der Waals surface area contributed by atoms with Crippen molar-refractivity contribution in [1.82, 2.24) is 4.98 Å². The number of nitrogens with one attached hydrogen (secondary N) is 1. The molecule has 148 valence electrons. The van der Waals surface area contributed by atoms with E-state index in [-0.39, 0.29) is 5.91 Å². The van der Waals surface area contributed by atoms with Gasteiger partial charge in [-0.1, -0.05) is 11.3 Å². The van der Waals surface area contributed by atoms with Crippen molar-refractivity contribution in [3.63, 3.8) is 0 Å². The maximum atomic E-state index is 13.2. The Balaban J connectivity index is 1.92. The molecule has 2 aromatic carbocycles. The van der Waals surface area contributed by atoms with Crippen molar-refractivity contribution in [1.29, 1.82) is 0 Å². The van der Waals surface area contributed by atoms with E-state index in [9.17, 15) is 4.79 Å². The number of rotatable bonds is 8. The summed E-state index contributed by atoms with van der Waals surface area (Å²) in [7, 11) is 5.79. The van der Waals surface area contributed by atoms with Gasteiger partial charge in [0.05, 0.1) is 51.1 Å². The largest absolute Gasteiger partial charge is 0.497 e. The molecule has 0 aliphatic rings. The summed E-state index contributed by atoms with van der Waals surface area (Å²) in [6.45, 7) is 3.94. The Hall–Kier alpha value is -2.64. The van der Waals surface area contributed by atoms with Crippen LogP contribution in [0.2, 0.25) is 0 Å². The summed E-state index contributed by atoms with van der Waals surface area (Å²) in [4.78, 5) is 21.0. The van der Waals surface area contributed by atoms with Gasteiger partial charge in [0.15, 0.2) is 5.13 Å². The third kappa shape index (κ3) is 4.61. The van der Waals surface area contributed by atoms with Crippen LogP contribution in [0.3, 0.4) is 0 Å². The van der Waals surface area contributed by atoms with Gasteiger partial charge in [-0.15, -0.1) is 0 Å². The minimum atomic E-state index is -0.0599. The second kappa shape index (κ2) is 9.03. The van der Waals surface area contributed by atoms with Gasteiger partial charge in [-0.2, -0.15) is 0 Å². The van der Waals surface area contributed by atoms with E-state index in [1.807, 2.05) is 37.3 Å². The number of aromatic nitrogens is 1. The highest BCUT2D eigenvalue weighted by molar-refractivity contribution is 7.22. The molecule has 7 heteroatoms. The molecule has 0 radical (unpaired) electrons. The van der Waals surface area contributed by atoms with Gasteiger partial charge in [0.2, 0.25) is 0 Å². The van der Waals surface area contributed by atoms with Gasteiger partial charge in [0.1, 0.15) is 11.5 Å². The lowest BCUT2D eigenvalue weighted by molar-refractivity contribution is -0.856. The van der Waals surface area contributed by atoms with Crippen molar-refractivity contribution in [3.05, 3.63) is 48.0 Å². The fourth-order valence-corrected chi connectivity index (χ4v) is 3.79. The van der Waals surface area contributed by atoms with Crippen LogP contribution in [0.25, 0.3) is 10.2 Å². The minimum Gasteiger partial charge on any atom is -0.497 e. The summed E-state index contributed by atoms with van der Waals surface area (Å²) in [5, 5.41) is 0.698. The van der Waals surface area contributed by atoms with Crippen molar-refractivity contribution in [2.24, 2.45) is 0 Å². The Labute approximate surface area is 169 Å². The monoisotopic (exact) mass is 400 g/mol. The molecule has 0 fully saturated rings. The maximum absolute atomic E-state index is 13.2. The molecule has 1 aromatic heterocycles. The zero-order chi connectivity index (χ0) is 20.1. The third-order valence-corrected chi connectivity index (χ3v) is 5.35. The van der Waals surface area contributed by atoms with E-state index in [2.05, 4.69) is 14.1 Å². The molecule has 3 rings (SSSR count). The van der Waals surface area contributed by atoms with Crippen molar-refractivity contribution in [2.45, 2.75) is 6.92 Å². The topological polar surface area (TPSA) is 56.1 Å². The molecule has 0 aliphatic heterocycles. The van der Waals surface area contributed by atoms with Crippen molar-refractivity contribution in [3.8, 4) is 11.5 Å². The van der Waals surface area contributed by atoms with Crippen LogP contribution in [0.1, 0.15) is 17.3 Å². The van der Waals surface area contributed by atoms with Gasteiger partial charge in [-0.25, -0.2) is 4.98 Å². The highest BCUT2D eigenvalue weighted by atomic mass is 32.1. The smallest absolute Gasteiger partial charge is 0.260 e. The fourth-order valence-electron chi connectivity index (χ4n) is 2.77. The summed E-state index contributed by atoms with van der Waals surface area (Å²) in [5.74, 6) is 1.48. The Bertz CT molecular complexity index is 938. The zero-order valence-corrected chi connectivity index (χ0v) is 17.5. The normalized spacial score (nSPS) is 11.0. The van der Waals surface area contributed by atoms with Crippen LogP contribution < -0.4 is 19.3 Å². The van der Waals surface area contributed by atoms with E-state index in [1.54, 1.807) is 24.1 Å². The van der Waals surface area contributed by atoms with Crippen LogP contribution in [-0.4, -0.2) is 51.8 Å². The van der Waals surface area contributed by atoms with Crippen LogP contribution >= 0.6 is 11.3 Å². The second-order valence-electron chi connectivity index (χ2n) is 6.70. The average molecular weight is 401 g/mol. The summed E-state index contributed by atoms with van der Waals surface area (Å²) >= 11 is 1.50. The van der Waals surface area contributed by atoms with Crippen LogP contribution in [0.4, 0.5) is 5.13 Å². The lowest BCUT2D eigenvalue weighted by Gasteiger charge is -2.20. The molecule has 1 heterocycles. The number of carbonyl (C=O) groups excluding carboxylic acids is 1. The molecule has 0 unspecified atom stereocenters. The number of likely N-dealkylation sites (N-methyl/N-ethyl adjacent to an activating group) is 1. The first-order chi connectivity index (χ1) is 13.5. The molecular weight excluding hydrogens is 374 g/mol. The predicted molar refractivity (Wildman–Crippen MR) is 113 cm³/mol. The lowest BCUT2D eigenvalue weighted by atomic mass is 10.2. The number of amides is 1. The number of thiazole rings is 1. The molecule has 1 N–H and O–H groups in total. The maximum Gasteiger partial charge on any atom is 0.260 e. The van der Waals surface area contributed by atoms with Crippen molar-refractivity contribution >= 4 is 32.6 Å². The first-order valence-electron chi connectivity index (χ1n) is 9.30. The lowest BCUT2D eigenvalue weighted by Crippen LogP contribution is -3.06. The average Bonchev–Trinajstić information content (AvgIpc) is 3.11. The number of carbonyl (C=O) groups is 1. The molecule has 0 saturated heterocycles. The predicted octanol–water partition coefficient (Wildman–Crippen LogP) is 2.49. The molecule has 0 atom stereocenters. The number of anilines is 1. The molecule has 0 saturated carbocycles. The Morgan fingerprint density at radius 3 is 2.50 bits per heavy atom. The van der Waals surface area contributed by atoms with Crippen LogP contribution in [-0.2, 0) is 0 Å². The Morgan fingerprint density at radius 2 is 1.86 bits per heavy atom. The Kier molecular flexibility index (Phi) is 6.49. The summed E-state index contributed by atoms with van der Waals surface area (Å²) in [6, 6.07) is 13.0. The first kappa shape index (κ1) is 20.1. The highest BCUT2D eigenvalue weighted by Crippen LogP contribution is 2.32. The van der Waals surface area contributed by atoms with E-state index in [1.165, 1.54) is 16.2 Å². The summed E-state index contributed by atoms with van der Waals surface area (Å²) < 4.78 is 11.8. The van der Waals surface area contributed by atoms with Gasteiger partial charge in [0.25, 0.3) is 5.91 Å². The zero-order valence-electron chi connectivity index (χ0n) is 16.7. The number of methoxy groups -OCH3 is 1. The molecular formula is C21H26N3O3S+. The molecule has 3 aromatic rings. The number of quaternary nitrogens is 1. The van der Waals surface area contributed by atoms with E-state index >= 15 is 0 Å². The number of benzene rings is 2. The van der Waals surface area contributed by atoms with E-state index in [0.717, 1.165) is 28.3 Å². The van der Waals surface area contributed by atoms with Gasteiger partial charge in [-0.3, -0.25) is 9.69 Å². The van der Waals surface area contributed by atoms with Crippen LogP contribution in [0.5, 0.6) is 11.5 Å². The van der Waals surface area contributed by atoms with E-state index in [4.69, 9.17) is 14.5 Å². The molecule has 6 nitrogen and oxygen atoms in total. The van der Waals surface area contributed by atoms with Gasteiger partial charge in [-0.05, 0) is 49.4 Å². The molecule has 0 aliphatic carbocycles. The fraction of sp³-hybridized carbons (Fsp3) is 0.333. The van der Waals surface area contributed by atoms with Crippen LogP contribution in [0.15, 0.2) is 42.5 Å².